The molecule has 0 unspecified atom stereocenters. The van der Waals surface area contributed by atoms with Crippen LogP contribution in [0.15, 0.2) is 69.7 Å². The van der Waals surface area contributed by atoms with Crippen molar-refractivity contribution in [2.45, 2.75) is 55.5 Å². The first kappa shape index (κ1) is 24.8. The highest BCUT2D eigenvalue weighted by molar-refractivity contribution is 6.01. The minimum atomic E-state index is -2.91. The normalized spacial score (nSPS) is 18.7. The first-order valence-corrected chi connectivity index (χ1v) is 12.7. The van der Waals surface area contributed by atoms with Gasteiger partial charge in [-0.2, -0.15) is 5.26 Å². The molecule has 2 saturated carbocycles. The zero-order valence-electron chi connectivity index (χ0n) is 20.8. The summed E-state index contributed by atoms with van der Waals surface area (Å²) in [7, 11) is 0. The number of amides is 2. The quantitative estimate of drug-likeness (QED) is 0.335. The van der Waals surface area contributed by atoms with Crippen LogP contribution in [0.4, 0.5) is 8.78 Å². The van der Waals surface area contributed by atoms with Crippen molar-refractivity contribution in [1.29, 1.82) is 5.26 Å². The van der Waals surface area contributed by atoms with Gasteiger partial charge in [-0.25, -0.2) is 8.78 Å². The Kier molecular flexibility index (Phi) is 5.75. The number of nitrogens with zero attached hydrogens (tertiary/aromatic N) is 2. The third-order valence-corrected chi connectivity index (χ3v) is 7.62. The molecule has 2 aliphatic carbocycles. The molecule has 0 bridgehead atoms. The molecule has 2 aromatic heterocycles. The maximum absolute atomic E-state index is 14.0. The zero-order chi connectivity index (χ0) is 27.3. The molecule has 0 saturated heterocycles. The Morgan fingerprint density at radius 2 is 1.56 bits per heavy atom. The predicted molar refractivity (Wildman–Crippen MR) is 136 cm³/mol. The molecule has 8 nitrogen and oxygen atoms in total. The summed E-state index contributed by atoms with van der Waals surface area (Å²) in [5.41, 5.74) is 0.595. The molecule has 0 spiro atoms. The van der Waals surface area contributed by atoms with Crippen LogP contribution in [0.2, 0.25) is 0 Å². The van der Waals surface area contributed by atoms with Gasteiger partial charge in [-0.05, 0) is 48.9 Å². The average molecular weight is 531 g/mol. The molecular weight excluding hydrogens is 506 g/mol. The van der Waals surface area contributed by atoms with Gasteiger partial charge in [-0.1, -0.05) is 41.6 Å². The fraction of sp³-hybridized carbons (Fsp3) is 0.310. The van der Waals surface area contributed by atoms with Crippen LogP contribution in [0.1, 0.15) is 49.1 Å². The molecule has 0 aliphatic heterocycles. The molecule has 2 fully saturated rings. The number of benzene rings is 2. The second-order valence-electron chi connectivity index (χ2n) is 10.4. The molecular formula is C29H24F2N4O4. The van der Waals surface area contributed by atoms with Crippen molar-refractivity contribution in [3.63, 3.8) is 0 Å². The minimum Gasteiger partial charge on any atom is -0.451 e. The van der Waals surface area contributed by atoms with Gasteiger partial charge in [0.25, 0.3) is 5.91 Å². The Hall–Kier alpha value is -4.52. The summed E-state index contributed by atoms with van der Waals surface area (Å²) in [4.78, 5) is 26.5. The molecule has 6 rings (SSSR count). The topological polar surface area (TPSA) is 121 Å². The Bertz CT molecular complexity index is 1590. The van der Waals surface area contributed by atoms with Gasteiger partial charge in [-0.3, -0.25) is 9.59 Å². The lowest BCUT2D eigenvalue weighted by molar-refractivity contribution is -0.133. The van der Waals surface area contributed by atoms with E-state index in [2.05, 4.69) is 21.9 Å². The van der Waals surface area contributed by atoms with E-state index < -0.39 is 41.7 Å². The van der Waals surface area contributed by atoms with Crippen LogP contribution in [-0.4, -0.2) is 34.0 Å². The van der Waals surface area contributed by atoms with Crippen molar-refractivity contribution < 1.29 is 27.3 Å². The van der Waals surface area contributed by atoms with Crippen LogP contribution in [0.5, 0.6) is 0 Å². The first-order chi connectivity index (χ1) is 18.7. The SMILES string of the molecule is N#CC1(NC(=O)C2(NC(=O)c3cc4ccc(-c5ccc(-c6ccno6)cc5)cc4o3)CCC(F)(F)CC2)CC1. The van der Waals surface area contributed by atoms with Gasteiger partial charge in [0.2, 0.25) is 11.8 Å². The largest absolute Gasteiger partial charge is 0.451 e. The second-order valence-corrected chi connectivity index (χ2v) is 10.4. The number of nitrogens with one attached hydrogen (secondary N) is 2. The number of nitriles is 1. The standard InChI is InChI=1S/C29H24F2N4O4/c30-29(31)12-10-28(11-13-29,26(37)35-27(17-32)8-9-27)34-25(36)24-16-21-6-5-20(15-23(21)38-24)18-1-3-19(4-2-18)22-7-14-33-39-22/h1-7,14-16H,8-13H2,(H,34,36)(H,35,37). The van der Waals surface area contributed by atoms with Crippen LogP contribution >= 0.6 is 0 Å². The number of hydrogen-bond acceptors (Lipinski definition) is 6. The van der Waals surface area contributed by atoms with Gasteiger partial charge in [0.15, 0.2) is 11.5 Å². The van der Waals surface area contributed by atoms with E-state index in [0.29, 0.717) is 29.6 Å². The van der Waals surface area contributed by atoms with Gasteiger partial charge < -0.3 is 19.6 Å². The maximum atomic E-state index is 14.0. The van der Waals surface area contributed by atoms with Gasteiger partial charge >= 0.3 is 0 Å². The van der Waals surface area contributed by atoms with Crippen LogP contribution in [0, 0.1) is 11.3 Å². The van der Waals surface area contributed by atoms with E-state index in [-0.39, 0.29) is 18.6 Å². The average Bonchev–Trinajstić information content (AvgIpc) is 3.30. The van der Waals surface area contributed by atoms with Gasteiger partial charge in [0, 0.05) is 29.9 Å². The van der Waals surface area contributed by atoms with Crippen molar-refractivity contribution in [3.05, 3.63) is 66.6 Å². The highest BCUT2D eigenvalue weighted by atomic mass is 19.3. The lowest BCUT2D eigenvalue weighted by Gasteiger charge is -2.39. The monoisotopic (exact) mass is 530 g/mol. The smallest absolute Gasteiger partial charge is 0.287 e. The van der Waals surface area contributed by atoms with E-state index >= 15 is 0 Å². The molecule has 2 N–H and O–H groups in total. The highest BCUT2D eigenvalue weighted by Crippen LogP contribution is 2.41. The zero-order valence-corrected chi connectivity index (χ0v) is 20.8. The fourth-order valence-electron chi connectivity index (χ4n) is 4.97. The summed E-state index contributed by atoms with van der Waals surface area (Å²) in [6.45, 7) is 0. The van der Waals surface area contributed by atoms with Crippen molar-refractivity contribution in [3.8, 4) is 28.5 Å². The summed E-state index contributed by atoms with van der Waals surface area (Å²) >= 11 is 0. The third-order valence-electron chi connectivity index (χ3n) is 7.62. The number of fused-ring (bicyclic) bond motifs is 1. The molecule has 10 heteroatoms. The summed E-state index contributed by atoms with van der Waals surface area (Å²) < 4.78 is 39.0. The van der Waals surface area contributed by atoms with Crippen LogP contribution < -0.4 is 10.6 Å². The van der Waals surface area contributed by atoms with E-state index in [1.807, 2.05) is 42.5 Å². The van der Waals surface area contributed by atoms with E-state index in [1.54, 1.807) is 18.3 Å². The molecule has 2 heterocycles. The van der Waals surface area contributed by atoms with Crippen molar-refractivity contribution >= 4 is 22.8 Å². The van der Waals surface area contributed by atoms with Crippen LogP contribution in [0.3, 0.4) is 0 Å². The summed E-state index contributed by atoms with van der Waals surface area (Å²) in [6.07, 6.45) is 0.989. The molecule has 0 atom stereocenters. The molecule has 0 radical (unpaired) electrons. The van der Waals surface area contributed by atoms with Crippen molar-refractivity contribution in [1.82, 2.24) is 15.8 Å². The summed E-state index contributed by atoms with van der Waals surface area (Å²) in [6, 6.07) is 18.6. The minimum absolute atomic E-state index is 0.0336. The fourth-order valence-corrected chi connectivity index (χ4v) is 4.97. The Morgan fingerprint density at radius 1 is 0.872 bits per heavy atom. The van der Waals surface area contributed by atoms with Crippen LogP contribution in [-0.2, 0) is 4.79 Å². The maximum Gasteiger partial charge on any atom is 0.287 e. The lowest BCUT2D eigenvalue weighted by atomic mass is 9.78. The van der Waals surface area contributed by atoms with Crippen LogP contribution in [0.25, 0.3) is 33.4 Å². The van der Waals surface area contributed by atoms with E-state index in [0.717, 1.165) is 16.7 Å². The number of hydrogen-bond donors (Lipinski definition) is 2. The lowest BCUT2D eigenvalue weighted by Crippen LogP contribution is -2.62. The van der Waals surface area contributed by atoms with Gasteiger partial charge in [-0.15, -0.1) is 0 Å². The second kappa shape index (κ2) is 9.05. The first-order valence-electron chi connectivity index (χ1n) is 12.7. The van der Waals surface area contributed by atoms with Gasteiger partial charge in [0.1, 0.15) is 16.7 Å². The summed E-state index contributed by atoms with van der Waals surface area (Å²) in [5.74, 6) is -3.58. The van der Waals surface area contributed by atoms with E-state index in [1.165, 1.54) is 0 Å². The molecule has 39 heavy (non-hydrogen) atoms. The number of halogens is 2. The third kappa shape index (κ3) is 4.76. The number of carbonyl (C=O) groups is 2. The van der Waals surface area contributed by atoms with Crippen molar-refractivity contribution in [2.75, 3.05) is 0 Å². The van der Waals surface area contributed by atoms with E-state index in [4.69, 9.17) is 8.94 Å². The Balaban J connectivity index is 1.23. The number of rotatable bonds is 6. The molecule has 2 aromatic carbocycles. The number of alkyl halides is 2. The highest BCUT2D eigenvalue weighted by Gasteiger charge is 2.53. The predicted octanol–water partition coefficient (Wildman–Crippen LogP) is 5.61. The summed E-state index contributed by atoms with van der Waals surface area (Å²) in [5, 5.41) is 19.1. The number of aromatic nitrogens is 1. The molecule has 2 amide bonds. The Morgan fingerprint density at radius 3 is 2.21 bits per heavy atom. The number of furan rings is 1. The molecule has 4 aromatic rings. The van der Waals surface area contributed by atoms with E-state index in [9.17, 15) is 23.6 Å². The number of carbonyl (C=O) groups excluding carboxylic acids is 2. The molecule has 2 aliphatic rings. The van der Waals surface area contributed by atoms with Gasteiger partial charge in [0.05, 0.1) is 12.3 Å². The van der Waals surface area contributed by atoms with Crippen molar-refractivity contribution in [2.24, 2.45) is 0 Å². The molecule has 198 valence electrons. The Labute approximate surface area is 222 Å².